The van der Waals surface area contributed by atoms with Gasteiger partial charge in [0, 0.05) is 12.6 Å². The van der Waals surface area contributed by atoms with Gasteiger partial charge in [0.15, 0.2) is 0 Å². The Kier molecular flexibility index (Phi) is 4.16. The van der Waals surface area contributed by atoms with Gasteiger partial charge in [-0.1, -0.05) is 0 Å². The fraction of sp³-hybridized carbons (Fsp3) is 0.417. The molecule has 1 aliphatic heterocycles. The molecule has 1 amide bonds. The third-order valence-corrected chi connectivity index (χ3v) is 3.11. The second-order valence-corrected chi connectivity index (χ2v) is 4.51. The molecule has 20 heavy (non-hydrogen) atoms. The first-order chi connectivity index (χ1) is 9.51. The van der Waals surface area contributed by atoms with Crippen LogP contribution in [0.15, 0.2) is 18.2 Å². The highest BCUT2D eigenvalue weighted by Crippen LogP contribution is 2.29. The largest absolute Gasteiger partial charge is 0.506 e. The van der Waals surface area contributed by atoms with E-state index >= 15 is 0 Å². The van der Waals surface area contributed by atoms with Crippen molar-refractivity contribution in [3.8, 4) is 5.75 Å². The standard InChI is InChI=1S/C12H15N3O5/c13-6-8-2-4-11(20-8)12(17)14-9-3-1-7(15(18)19)5-10(9)16/h1,3,5,8,11,16H,2,4,6,13H2,(H,14,17). The molecule has 8 heteroatoms. The van der Waals surface area contributed by atoms with Gasteiger partial charge in [0.05, 0.1) is 22.8 Å². The molecule has 0 aromatic heterocycles. The third-order valence-electron chi connectivity index (χ3n) is 3.11. The molecule has 1 aliphatic rings. The van der Waals surface area contributed by atoms with Crippen LogP contribution in [0, 0.1) is 10.1 Å². The number of nitrogens with two attached hydrogens (primary N) is 1. The van der Waals surface area contributed by atoms with Crippen LogP contribution in [-0.2, 0) is 9.53 Å². The van der Waals surface area contributed by atoms with Crippen LogP contribution < -0.4 is 11.1 Å². The number of amides is 1. The highest BCUT2D eigenvalue weighted by molar-refractivity contribution is 5.95. The first-order valence-corrected chi connectivity index (χ1v) is 6.15. The Morgan fingerprint density at radius 2 is 2.30 bits per heavy atom. The van der Waals surface area contributed by atoms with Gasteiger partial charge >= 0.3 is 0 Å². The summed E-state index contributed by atoms with van der Waals surface area (Å²) >= 11 is 0. The lowest BCUT2D eigenvalue weighted by molar-refractivity contribution is -0.384. The Bertz CT molecular complexity index is 534. The number of carbonyl (C=O) groups excluding carboxylic acids is 1. The van der Waals surface area contributed by atoms with Gasteiger partial charge in [-0.15, -0.1) is 0 Å². The molecule has 1 aromatic rings. The number of nitro groups is 1. The maximum Gasteiger partial charge on any atom is 0.273 e. The number of aromatic hydroxyl groups is 1. The lowest BCUT2D eigenvalue weighted by Gasteiger charge is -2.13. The number of rotatable bonds is 4. The van der Waals surface area contributed by atoms with E-state index in [0.717, 1.165) is 6.07 Å². The number of ether oxygens (including phenoxy) is 1. The van der Waals surface area contributed by atoms with Crippen molar-refractivity contribution in [1.29, 1.82) is 0 Å². The molecule has 108 valence electrons. The molecule has 4 N–H and O–H groups in total. The van der Waals surface area contributed by atoms with Gasteiger partial charge in [0.2, 0.25) is 0 Å². The van der Waals surface area contributed by atoms with Crippen LogP contribution in [0.25, 0.3) is 0 Å². The second kappa shape index (κ2) is 5.85. The summed E-state index contributed by atoms with van der Waals surface area (Å²) in [5, 5.41) is 22.7. The van der Waals surface area contributed by atoms with Crippen molar-refractivity contribution in [3.63, 3.8) is 0 Å². The molecule has 2 rings (SSSR count). The number of nitrogens with one attached hydrogen (secondary N) is 1. The van der Waals surface area contributed by atoms with Crippen molar-refractivity contribution in [2.24, 2.45) is 5.73 Å². The molecular formula is C12H15N3O5. The van der Waals surface area contributed by atoms with Crippen molar-refractivity contribution in [3.05, 3.63) is 28.3 Å². The van der Waals surface area contributed by atoms with E-state index in [1.54, 1.807) is 0 Å². The van der Waals surface area contributed by atoms with Crippen molar-refractivity contribution < 1.29 is 19.6 Å². The van der Waals surface area contributed by atoms with Crippen molar-refractivity contribution >= 4 is 17.3 Å². The van der Waals surface area contributed by atoms with Gasteiger partial charge in [-0.05, 0) is 18.9 Å². The van der Waals surface area contributed by atoms with E-state index in [1.165, 1.54) is 12.1 Å². The van der Waals surface area contributed by atoms with E-state index in [-0.39, 0.29) is 23.2 Å². The number of phenols is 1. The molecule has 0 spiro atoms. The molecule has 1 heterocycles. The topological polar surface area (TPSA) is 128 Å². The highest BCUT2D eigenvalue weighted by atomic mass is 16.6. The SMILES string of the molecule is NCC1CCC(C(=O)Nc2ccc([N+](=O)[O-])cc2O)O1. The van der Waals surface area contributed by atoms with Gasteiger partial charge in [0.1, 0.15) is 11.9 Å². The fourth-order valence-electron chi connectivity index (χ4n) is 2.02. The van der Waals surface area contributed by atoms with E-state index in [9.17, 15) is 20.0 Å². The van der Waals surface area contributed by atoms with Crippen LogP contribution in [0.3, 0.4) is 0 Å². The van der Waals surface area contributed by atoms with Crippen LogP contribution in [0.5, 0.6) is 5.75 Å². The summed E-state index contributed by atoms with van der Waals surface area (Å²) in [5.41, 5.74) is 5.32. The molecule has 0 bridgehead atoms. The number of hydrogen-bond donors (Lipinski definition) is 3. The third kappa shape index (κ3) is 3.03. The van der Waals surface area contributed by atoms with Crippen molar-refractivity contribution in [2.45, 2.75) is 25.0 Å². The summed E-state index contributed by atoms with van der Waals surface area (Å²) < 4.78 is 5.42. The summed E-state index contributed by atoms with van der Waals surface area (Å²) in [7, 11) is 0. The molecule has 1 aromatic carbocycles. The Morgan fingerprint density at radius 1 is 1.55 bits per heavy atom. The lowest BCUT2D eigenvalue weighted by atomic mass is 10.2. The Hall–Kier alpha value is -2.19. The van der Waals surface area contributed by atoms with Gasteiger partial charge in [-0.2, -0.15) is 0 Å². The summed E-state index contributed by atoms with van der Waals surface area (Å²) in [6.45, 7) is 0.354. The van der Waals surface area contributed by atoms with Crippen molar-refractivity contribution in [2.75, 3.05) is 11.9 Å². The number of phenolic OH excluding ortho intramolecular Hbond substituents is 1. The normalized spacial score (nSPS) is 21.6. The highest BCUT2D eigenvalue weighted by Gasteiger charge is 2.30. The van der Waals surface area contributed by atoms with E-state index < -0.39 is 16.9 Å². The smallest absolute Gasteiger partial charge is 0.273 e. The molecule has 2 unspecified atom stereocenters. The fourth-order valence-corrected chi connectivity index (χ4v) is 2.02. The minimum absolute atomic E-state index is 0.111. The maximum absolute atomic E-state index is 11.9. The maximum atomic E-state index is 11.9. The Labute approximate surface area is 114 Å². The van der Waals surface area contributed by atoms with E-state index in [4.69, 9.17) is 10.5 Å². The van der Waals surface area contributed by atoms with Gasteiger partial charge < -0.3 is 20.9 Å². The average Bonchev–Trinajstić information content (AvgIpc) is 2.89. The summed E-state index contributed by atoms with van der Waals surface area (Å²) in [4.78, 5) is 21.8. The molecule has 0 aliphatic carbocycles. The lowest BCUT2D eigenvalue weighted by Crippen LogP contribution is -2.29. The van der Waals surface area contributed by atoms with E-state index in [1.807, 2.05) is 0 Å². The number of hydrogen-bond acceptors (Lipinski definition) is 6. The number of anilines is 1. The van der Waals surface area contributed by atoms with Crippen LogP contribution in [-0.4, -0.2) is 34.7 Å². The van der Waals surface area contributed by atoms with Gasteiger partial charge in [-0.3, -0.25) is 14.9 Å². The quantitative estimate of drug-likeness (QED) is 0.424. The van der Waals surface area contributed by atoms with Crippen molar-refractivity contribution in [1.82, 2.24) is 0 Å². The molecule has 2 atom stereocenters. The minimum Gasteiger partial charge on any atom is -0.506 e. The zero-order valence-electron chi connectivity index (χ0n) is 10.6. The summed E-state index contributed by atoms with van der Waals surface area (Å²) in [6, 6.07) is 3.46. The van der Waals surface area contributed by atoms with E-state index in [0.29, 0.717) is 19.4 Å². The van der Waals surface area contributed by atoms with Crippen LogP contribution in [0.4, 0.5) is 11.4 Å². The van der Waals surface area contributed by atoms with Crippen LogP contribution >= 0.6 is 0 Å². The monoisotopic (exact) mass is 281 g/mol. The molecule has 8 nitrogen and oxygen atoms in total. The van der Waals surface area contributed by atoms with Crippen LogP contribution in [0.2, 0.25) is 0 Å². The van der Waals surface area contributed by atoms with Gasteiger partial charge in [-0.25, -0.2) is 0 Å². The summed E-state index contributed by atoms with van der Waals surface area (Å²) in [5.74, 6) is -0.758. The van der Waals surface area contributed by atoms with Gasteiger partial charge in [0.25, 0.3) is 11.6 Å². The number of benzene rings is 1. The zero-order chi connectivity index (χ0) is 14.7. The van der Waals surface area contributed by atoms with Crippen LogP contribution in [0.1, 0.15) is 12.8 Å². The minimum atomic E-state index is -0.628. The van der Waals surface area contributed by atoms with E-state index in [2.05, 4.69) is 5.32 Å². The molecular weight excluding hydrogens is 266 g/mol. The zero-order valence-corrected chi connectivity index (χ0v) is 10.6. The molecule has 0 radical (unpaired) electrons. The molecule has 1 saturated heterocycles. The number of non-ortho nitro benzene ring substituents is 1. The first-order valence-electron chi connectivity index (χ1n) is 6.15. The first kappa shape index (κ1) is 14.2. The average molecular weight is 281 g/mol. The number of nitrogens with zero attached hydrogens (tertiary/aromatic N) is 1. The predicted octanol–water partition coefficient (Wildman–Crippen LogP) is 0.745. The summed E-state index contributed by atoms with van der Waals surface area (Å²) in [6.07, 6.45) is 0.525. The molecule has 1 fully saturated rings. The number of nitro benzene ring substituents is 1. The predicted molar refractivity (Wildman–Crippen MR) is 70.3 cm³/mol. The second-order valence-electron chi connectivity index (χ2n) is 4.51. The Morgan fingerprint density at radius 3 is 2.85 bits per heavy atom. The Balaban J connectivity index is 2.03. The molecule has 0 saturated carbocycles. The number of carbonyl (C=O) groups is 1.